The van der Waals surface area contributed by atoms with E-state index in [9.17, 15) is 4.79 Å². The molecule has 2 unspecified atom stereocenters. The van der Waals surface area contributed by atoms with Gasteiger partial charge in [-0.15, -0.1) is 0 Å². The molecule has 0 spiro atoms. The first-order valence-electron chi connectivity index (χ1n) is 9.52. The van der Waals surface area contributed by atoms with Gasteiger partial charge in [0.15, 0.2) is 0 Å². The molecule has 7 heteroatoms. The molecule has 2 aromatic rings. The Morgan fingerprint density at radius 2 is 2.37 bits per heavy atom. The van der Waals surface area contributed by atoms with Crippen molar-refractivity contribution >= 4 is 22.7 Å². The van der Waals surface area contributed by atoms with Gasteiger partial charge in [-0.25, -0.2) is 9.78 Å². The highest BCUT2D eigenvalue weighted by Gasteiger charge is 2.32. The highest BCUT2D eigenvalue weighted by atomic mass is 16.5. The number of carbonyl (C=O) groups is 1. The molecule has 1 aliphatic heterocycles. The number of aromatic nitrogens is 2. The zero-order valence-electron chi connectivity index (χ0n) is 16.2. The van der Waals surface area contributed by atoms with Gasteiger partial charge in [0.1, 0.15) is 11.2 Å². The monoisotopic (exact) mass is 369 g/mol. The van der Waals surface area contributed by atoms with Gasteiger partial charge >= 0.3 is 5.97 Å². The minimum atomic E-state index is -0.347. The second kappa shape index (κ2) is 8.40. The van der Waals surface area contributed by atoms with Crippen molar-refractivity contribution in [2.45, 2.75) is 32.7 Å². The highest BCUT2D eigenvalue weighted by molar-refractivity contribution is 6.04. The van der Waals surface area contributed by atoms with Crippen LogP contribution in [0, 0.1) is 17.2 Å². The van der Waals surface area contributed by atoms with Crippen molar-refractivity contribution < 1.29 is 9.53 Å². The number of nitrogens with zero attached hydrogens (tertiary/aromatic N) is 4. The van der Waals surface area contributed by atoms with E-state index in [-0.39, 0.29) is 12.0 Å². The number of ether oxygens (including phenoxy) is 1. The molecule has 1 fully saturated rings. The summed E-state index contributed by atoms with van der Waals surface area (Å²) < 4.78 is 5.27. The maximum atomic E-state index is 12.6. The third kappa shape index (κ3) is 3.91. The number of piperidine rings is 1. The number of nitrogens with one attached hydrogen (secondary N) is 1. The van der Waals surface area contributed by atoms with E-state index in [0.29, 0.717) is 24.5 Å². The Bertz CT molecular complexity index is 840. The van der Waals surface area contributed by atoms with Crippen LogP contribution in [0.4, 0.5) is 5.69 Å². The van der Waals surface area contributed by atoms with Gasteiger partial charge in [0.05, 0.1) is 18.4 Å². The van der Waals surface area contributed by atoms with E-state index in [4.69, 9.17) is 10.00 Å². The van der Waals surface area contributed by atoms with E-state index in [0.717, 1.165) is 42.8 Å². The SMILES string of the molecule is CCOC(=O)c1cnc2[nH]ccc2c1N(C)C1CN(CCC#N)CCC1C. The number of hydrogen-bond donors (Lipinski definition) is 1. The maximum Gasteiger partial charge on any atom is 0.341 e. The van der Waals surface area contributed by atoms with Crippen molar-refractivity contribution in [3.05, 3.63) is 24.0 Å². The minimum Gasteiger partial charge on any atom is -0.462 e. The smallest absolute Gasteiger partial charge is 0.341 e. The summed E-state index contributed by atoms with van der Waals surface area (Å²) in [5.74, 6) is 0.130. The van der Waals surface area contributed by atoms with Gasteiger partial charge in [-0.05, 0) is 31.9 Å². The molecule has 0 aliphatic carbocycles. The normalized spacial score (nSPS) is 20.4. The number of nitriles is 1. The minimum absolute atomic E-state index is 0.242. The van der Waals surface area contributed by atoms with E-state index in [1.54, 1.807) is 13.1 Å². The summed E-state index contributed by atoms with van der Waals surface area (Å²) in [5, 5.41) is 9.82. The average molecular weight is 369 g/mol. The molecule has 0 radical (unpaired) electrons. The lowest BCUT2D eigenvalue weighted by Gasteiger charge is -2.43. The third-order valence-electron chi connectivity index (χ3n) is 5.45. The second-order valence-electron chi connectivity index (χ2n) is 7.13. The molecule has 2 aromatic heterocycles. The summed E-state index contributed by atoms with van der Waals surface area (Å²) in [5.41, 5.74) is 2.11. The first-order valence-corrected chi connectivity index (χ1v) is 9.52. The Morgan fingerprint density at radius 3 is 3.11 bits per heavy atom. The van der Waals surface area contributed by atoms with E-state index in [1.807, 2.05) is 19.3 Å². The summed E-state index contributed by atoms with van der Waals surface area (Å²) in [6, 6.07) is 4.43. The quantitative estimate of drug-likeness (QED) is 0.788. The predicted octanol–water partition coefficient (Wildman–Crippen LogP) is 2.80. The van der Waals surface area contributed by atoms with E-state index in [1.165, 1.54) is 0 Å². The number of esters is 1. The van der Waals surface area contributed by atoms with Gasteiger partial charge in [0, 0.05) is 50.4 Å². The molecule has 1 N–H and O–H groups in total. The molecule has 3 heterocycles. The van der Waals surface area contributed by atoms with Gasteiger partial charge in [-0.1, -0.05) is 6.92 Å². The summed E-state index contributed by atoms with van der Waals surface area (Å²) >= 11 is 0. The van der Waals surface area contributed by atoms with Gasteiger partial charge in [-0.2, -0.15) is 5.26 Å². The Kier molecular flexibility index (Phi) is 5.97. The number of fused-ring (bicyclic) bond motifs is 1. The molecule has 0 aromatic carbocycles. The van der Waals surface area contributed by atoms with E-state index < -0.39 is 0 Å². The average Bonchev–Trinajstić information content (AvgIpc) is 3.15. The fraction of sp³-hybridized carbons (Fsp3) is 0.550. The Labute approximate surface area is 159 Å². The zero-order chi connectivity index (χ0) is 19.4. The number of rotatable bonds is 6. The molecular formula is C20H27N5O2. The van der Waals surface area contributed by atoms with Crippen LogP contribution in [0.25, 0.3) is 11.0 Å². The molecule has 1 aliphatic rings. The van der Waals surface area contributed by atoms with Gasteiger partial charge in [-0.3, -0.25) is 0 Å². The molecular weight excluding hydrogens is 342 g/mol. The predicted molar refractivity (Wildman–Crippen MR) is 105 cm³/mol. The first-order chi connectivity index (χ1) is 13.1. The molecule has 0 amide bonds. The summed E-state index contributed by atoms with van der Waals surface area (Å²) in [6.45, 7) is 7.05. The molecule has 3 rings (SSSR count). The van der Waals surface area contributed by atoms with Gasteiger partial charge < -0.3 is 19.5 Å². The fourth-order valence-corrected chi connectivity index (χ4v) is 3.93. The highest BCUT2D eigenvalue weighted by Crippen LogP contribution is 2.33. The van der Waals surface area contributed by atoms with Crippen LogP contribution in [-0.4, -0.2) is 60.2 Å². The van der Waals surface area contributed by atoms with Crippen LogP contribution >= 0.6 is 0 Å². The summed E-state index contributed by atoms with van der Waals surface area (Å²) in [4.78, 5) is 24.6. The topological polar surface area (TPSA) is 85.2 Å². The van der Waals surface area contributed by atoms with Crippen molar-refractivity contribution in [1.82, 2.24) is 14.9 Å². The van der Waals surface area contributed by atoms with Crippen molar-refractivity contribution in [1.29, 1.82) is 5.26 Å². The van der Waals surface area contributed by atoms with Crippen molar-refractivity contribution in [2.24, 2.45) is 5.92 Å². The Hall–Kier alpha value is -2.59. The number of likely N-dealkylation sites (N-methyl/N-ethyl adjacent to an activating group) is 1. The molecule has 0 saturated carbocycles. The number of aromatic amines is 1. The van der Waals surface area contributed by atoms with Crippen LogP contribution in [0.1, 0.15) is 37.0 Å². The standard InChI is InChI=1S/C20H27N5O2/c1-4-27-20(26)16-12-23-19-15(6-9-22-19)18(16)24(3)17-13-25(10-5-8-21)11-7-14(17)2/h6,9,12,14,17H,4-5,7,10-11,13H2,1-3H3,(H,22,23). The molecule has 27 heavy (non-hydrogen) atoms. The summed E-state index contributed by atoms with van der Waals surface area (Å²) in [6.07, 6.45) is 5.05. The first kappa shape index (κ1) is 19.2. The fourth-order valence-electron chi connectivity index (χ4n) is 3.93. The molecule has 2 atom stereocenters. The lowest BCUT2D eigenvalue weighted by atomic mass is 9.91. The summed E-state index contributed by atoms with van der Waals surface area (Å²) in [7, 11) is 2.04. The lowest BCUT2D eigenvalue weighted by Crippen LogP contribution is -2.51. The van der Waals surface area contributed by atoms with Crippen LogP contribution in [0.2, 0.25) is 0 Å². The van der Waals surface area contributed by atoms with Gasteiger partial charge in [0.25, 0.3) is 0 Å². The Balaban J connectivity index is 1.97. The van der Waals surface area contributed by atoms with Crippen LogP contribution < -0.4 is 4.90 Å². The molecule has 1 saturated heterocycles. The third-order valence-corrected chi connectivity index (χ3v) is 5.45. The molecule has 7 nitrogen and oxygen atoms in total. The number of H-pyrrole nitrogens is 1. The van der Waals surface area contributed by atoms with E-state index in [2.05, 4.69) is 32.8 Å². The number of anilines is 1. The van der Waals surface area contributed by atoms with Crippen molar-refractivity contribution in [3.8, 4) is 6.07 Å². The van der Waals surface area contributed by atoms with Crippen molar-refractivity contribution in [3.63, 3.8) is 0 Å². The largest absolute Gasteiger partial charge is 0.462 e. The van der Waals surface area contributed by atoms with Gasteiger partial charge in [0.2, 0.25) is 0 Å². The second-order valence-corrected chi connectivity index (χ2v) is 7.13. The lowest BCUT2D eigenvalue weighted by molar-refractivity contribution is 0.0526. The van der Waals surface area contributed by atoms with Crippen molar-refractivity contribution in [2.75, 3.05) is 38.2 Å². The number of carbonyl (C=O) groups excluding carboxylic acids is 1. The molecule has 0 bridgehead atoms. The Morgan fingerprint density at radius 1 is 1.56 bits per heavy atom. The zero-order valence-corrected chi connectivity index (χ0v) is 16.2. The maximum absolute atomic E-state index is 12.6. The number of pyridine rings is 1. The molecule has 144 valence electrons. The van der Waals surface area contributed by atoms with Crippen LogP contribution in [0.5, 0.6) is 0 Å². The number of likely N-dealkylation sites (tertiary alicyclic amines) is 1. The van der Waals surface area contributed by atoms with E-state index >= 15 is 0 Å². The van der Waals surface area contributed by atoms with Crippen LogP contribution in [0.3, 0.4) is 0 Å². The number of hydrogen-bond acceptors (Lipinski definition) is 6. The van der Waals surface area contributed by atoms with Crippen LogP contribution in [0.15, 0.2) is 18.5 Å². The van der Waals surface area contributed by atoms with Crippen LogP contribution in [-0.2, 0) is 4.74 Å².